The summed E-state index contributed by atoms with van der Waals surface area (Å²) in [5.41, 5.74) is 0. The Bertz CT molecular complexity index is 465. The molecule has 0 N–H and O–H groups in total. The Morgan fingerprint density at radius 2 is 2.06 bits per heavy atom. The van der Waals surface area contributed by atoms with Gasteiger partial charge in [0, 0.05) is 6.42 Å². The van der Waals surface area contributed by atoms with Crippen LogP contribution in [0, 0.1) is 5.92 Å². The average Bonchev–Trinajstić information content (AvgIpc) is 2.69. The van der Waals surface area contributed by atoms with Crippen molar-refractivity contribution in [3.8, 4) is 0 Å². The normalized spacial score (nSPS) is 20.8. The van der Waals surface area contributed by atoms with Crippen LogP contribution in [-0.2, 0) is 16.3 Å². The fourth-order valence-corrected chi connectivity index (χ4v) is 3.38. The number of rotatable bonds is 3. The van der Waals surface area contributed by atoms with E-state index < -0.39 is 9.84 Å². The third-order valence-electron chi connectivity index (χ3n) is 2.73. The van der Waals surface area contributed by atoms with Crippen molar-refractivity contribution in [2.75, 3.05) is 11.5 Å². The van der Waals surface area contributed by atoms with E-state index in [-0.39, 0.29) is 23.2 Å². The first kappa shape index (κ1) is 11.3. The van der Waals surface area contributed by atoms with Crippen LogP contribution in [0.4, 0.5) is 0 Å². The summed E-state index contributed by atoms with van der Waals surface area (Å²) in [4.78, 5) is 14.2. The molecule has 16 heavy (non-hydrogen) atoms. The molecule has 0 aromatic carbocycles. The molecule has 2 heterocycles. The number of hydrogen-bond donors (Lipinski definition) is 0. The summed E-state index contributed by atoms with van der Waals surface area (Å²) in [6.45, 7) is 0. The lowest BCUT2D eigenvalue weighted by atomic mass is 9.99. The summed E-state index contributed by atoms with van der Waals surface area (Å²) in [7, 11) is -2.83. The molecule has 7 heteroatoms. The van der Waals surface area contributed by atoms with Gasteiger partial charge in [-0.25, -0.2) is 8.42 Å². The number of sulfone groups is 1. The fourth-order valence-electron chi connectivity index (χ4n) is 1.79. The quantitative estimate of drug-likeness (QED) is 0.708. The van der Waals surface area contributed by atoms with Gasteiger partial charge >= 0.3 is 0 Å². The van der Waals surface area contributed by atoms with Crippen molar-refractivity contribution < 1.29 is 17.7 Å². The Labute approximate surface area is 93.0 Å². The van der Waals surface area contributed by atoms with Gasteiger partial charge in [0.2, 0.25) is 11.7 Å². The van der Waals surface area contributed by atoms with Crippen LogP contribution in [0.1, 0.15) is 29.4 Å². The van der Waals surface area contributed by atoms with Gasteiger partial charge in [-0.2, -0.15) is 4.98 Å². The van der Waals surface area contributed by atoms with Crippen molar-refractivity contribution in [1.82, 2.24) is 10.1 Å². The topological polar surface area (TPSA) is 90.1 Å². The maximum absolute atomic E-state index is 11.2. The Kier molecular flexibility index (Phi) is 3.04. The molecule has 0 aliphatic carbocycles. The van der Waals surface area contributed by atoms with E-state index in [9.17, 15) is 13.2 Å². The third-order valence-corrected chi connectivity index (χ3v) is 4.44. The van der Waals surface area contributed by atoms with Gasteiger partial charge in [0.1, 0.15) is 9.84 Å². The first-order valence-electron chi connectivity index (χ1n) is 5.07. The molecule has 0 spiro atoms. The van der Waals surface area contributed by atoms with Gasteiger partial charge in [-0.3, -0.25) is 4.79 Å². The molecule has 0 radical (unpaired) electrons. The SMILES string of the molecule is O=Cc1noc(CC2CCS(=O)(=O)CC2)n1. The van der Waals surface area contributed by atoms with Crippen LogP contribution >= 0.6 is 0 Å². The summed E-state index contributed by atoms with van der Waals surface area (Å²) in [5.74, 6) is 1.16. The maximum Gasteiger partial charge on any atom is 0.235 e. The van der Waals surface area contributed by atoms with Crippen molar-refractivity contribution in [3.05, 3.63) is 11.7 Å². The molecule has 1 aliphatic heterocycles. The van der Waals surface area contributed by atoms with Crippen molar-refractivity contribution in [3.63, 3.8) is 0 Å². The number of carbonyl (C=O) groups is 1. The largest absolute Gasteiger partial charge is 0.339 e. The van der Waals surface area contributed by atoms with E-state index in [1.165, 1.54) is 0 Å². The smallest absolute Gasteiger partial charge is 0.235 e. The Morgan fingerprint density at radius 3 is 2.62 bits per heavy atom. The zero-order valence-corrected chi connectivity index (χ0v) is 9.44. The number of nitrogens with zero attached hydrogens (tertiary/aromatic N) is 2. The highest BCUT2D eigenvalue weighted by Gasteiger charge is 2.25. The second-order valence-electron chi connectivity index (χ2n) is 3.96. The van der Waals surface area contributed by atoms with Gasteiger partial charge in [0.05, 0.1) is 11.5 Å². The molecule has 1 aromatic rings. The molecule has 1 aromatic heterocycles. The summed E-state index contributed by atoms with van der Waals surface area (Å²) in [6, 6.07) is 0. The van der Waals surface area contributed by atoms with Crippen LogP contribution in [0.2, 0.25) is 0 Å². The van der Waals surface area contributed by atoms with E-state index in [0.717, 1.165) is 0 Å². The summed E-state index contributed by atoms with van der Waals surface area (Å²) < 4.78 is 27.3. The van der Waals surface area contributed by atoms with E-state index in [2.05, 4.69) is 10.1 Å². The minimum absolute atomic E-state index is 0.0402. The molecule has 0 amide bonds. The monoisotopic (exact) mass is 244 g/mol. The molecule has 1 saturated heterocycles. The molecule has 0 atom stereocenters. The third kappa shape index (κ3) is 2.66. The van der Waals surface area contributed by atoms with Crippen LogP contribution < -0.4 is 0 Å². The molecule has 0 unspecified atom stereocenters. The van der Waals surface area contributed by atoms with Gasteiger partial charge in [-0.15, -0.1) is 0 Å². The maximum atomic E-state index is 11.2. The summed E-state index contributed by atoms with van der Waals surface area (Å²) in [5, 5.41) is 3.46. The van der Waals surface area contributed by atoms with Crippen LogP contribution in [-0.4, -0.2) is 36.4 Å². The number of carbonyl (C=O) groups excluding carboxylic acids is 1. The van der Waals surface area contributed by atoms with Crippen molar-refractivity contribution in [1.29, 1.82) is 0 Å². The lowest BCUT2D eigenvalue weighted by Gasteiger charge is -2.19. The Balaban J connectivity index is 1.94. The Hall–Kier alpha value is -1.24. The predicted molar refractivity (Wildman–Crippen MR) is 54.8 cm³/mol. The lowest BCUT2D eigenvalue weighted by molar-refractivity contribution is 0.111. The fraction of sp³-hybridized carbons (Fsp3) is 0.667. The lowest BCUT2D eigenvalue weighted by Crippen LogP contribution is -2.24. The van der Waals surface area contributed by atoms with Crippen molar-refractivity contribution >= 4 is 16.1 Å². The Morgan fingerprint density at radius 1 is 1.38 bits per heavy atom. The zero-order chi connectivity index (χ0) is 11.6. The highest BCUT2D eigenvalue weighted by molar-refractivity contribution is 7.91. The highest BCUT2D eigenvalue weighted by Crippen LogP contribution is 2.22. The molecule has 1 fully saturated rings. The number of aldehydes is 1. The van der Waals surface area contributed by atoms with Crippen molar-refractivity contribution in [2.45, 2.75) is 19.3 Å². The van der Waals surface area contributed by atoms with Crippen LogP contribution in [0.25, 0.3) is 0 Å². The van der Waals surface area contributed by atoms with Gasteiger partial charge in [-0.05, 0) is 18.8 Å². The van der Waals surface area contributed by atoms with E-state index >= 15 is 0 Å². The predicted octanol–water partition coefficient (Wildman–Crippen LogP) is 0.249. The summed E-state index contributed by atoms with van der Waals surface area (Å²) >= 11 is 0. The molecule has 0 bridgehead atoms. The van der Waals surface area contributed by atoms with Gasteiger partial charge in [0.15, 0.2) is 6.29 Å². The van der Waals surface area contributed by atoms with Gasteiger partial charge in [-0.1, -0.05) is 5.16 Å². The minimum Gasteiger partial charge on any atom is -0.339 e. The molecule has 1 aliphatic rings. The minimum atomic E-state index is -2.83. The second-order valence-corrected chi connectivity index (χ2v) is 6.27. The molecule has 6 nitrogen and oxygen atoms in total. The van der Waals surface area contributed by atoms with E-state index in [4.69, 9.17) is 4.52 Å². The van der Waals surface area contributed by atoms with Crippen LogP contribution in [0.3, 0.4) is 0 Å². The van der Waals surface area contributed by atoms with Gasteiger partial charge in [0.25, 0.3) is 0 Å². The van der Waals surface area contributed by atoms with Crippen molar-refractivity contribution in [2.24, 2.45) is 5.92 Å². The van der Waals surface area contributed by atoms with Crippen LogP contribution in [0.5, 0.6) is 0 Å². The average molecular weight is 244 g/mol. The summed E-state index contributed by atoms with van der Waals surface area (Å²) in [6.07, 6.45) is 2.33. The molecule has 2 rings (SSSR count). The highest BCUT2D eigenvalue weighted by atomic mass is 32.2. The molecule has 0 saturated carbocycles. The van der Waals surface area contributed by atoms with E-state index in [1.54, 1.807) is 0 Å². The van der Waals surface area contributed by atoms with Crippen LogP contribution in [0.15, 0.2) is 4.52 Å². The standard InChI is InChI=1S/C9H12N2O4S/c12-6-8-10-9(15-11-8)5-7-1-3-16(13,14)4-2-7/h6-7H,1-5H2. The first-order valence-corrected chi connectivity index (χ1v) is 6.89. The van der Waals surface area contributed by atoms with E-state index in [1.807, 2.05) is 0 Å². The molecule has 88 valence electrons. The number of aromatic nitrogens is 2. The van der Waals surface area contributed by atoms with E-state index in [0.29, 0.717) is 31.4 Å². The molecular weight excluding hydrogens is 232 g/mol. The first-order chi connectivity index (χ1) is 7.59. The molecular formula is C9H12N2O4S. The number of hydrogen-bond acceptors (Lipinski definition) is 6. The zero-order valence-electron chi connectivity index (χ0n) is 8.63. The second kappa shape index (κ2) is 4.32. The van der Waals surface area contributed by atoms with Gasteiger partial charge < -0.3 is 4.52 Å².